The number of hydrogen-bond acceptors (Lipinski definition) is 3. The number of amides is 1. The van der Waals surface area contributed by atoms with Crippen LogP contribution in [0.15, 0.2) is 24.3 Å². The normalized spacial score (nSPS) is 18.6. The van der Waals surface area contributed by atoms with E-state index in [1.807, 2.05) is 0 Å². The third-order valence-electron chi connectivity index (χ3n) is 3.16. The number of ether oxygens (including phenoxy) is 1. The Morgan fingerprint density at radius 3 is 2.86 bits per heavy atom. The molecule has 0 saturated carbocycles. The third kappa shape index (κ3) is 4.39. The van der Waals surface area contributed by atoms with E-state index in [1.165, 1.54) is 12.1 Å². The molecule has 0 aromatic heterocycles. The Labute approximate surface area is 121 Å². The van der Waals surface area contributed by atoms with Gasteiger partial charge in [0.15, 0.2) is 0 Å². The van der Waals surface area contributed by atoms with Crippen LogP contribution in [0.5, 0.6) is 0 Å². The van der Waals surface area contributed by atoms with Crippen molar-refractivity contribution < 1.29 is 23.8 Å². The highest BCUT2D eigenvalue weighted by Crippen LogP contribution is 2.13. The lowest BCUT2D eigenvalue weighted by atomic mass is 10.1. The molecule has 2 N–H and O–H groups in total. The van der Waals surface area contributed by atoms with Crippen molar-refractivity contribution in [3.63, 3.8) is 0 Å². The largest absolute Gasteiger partial charge is 0.478 e. The number of carbonyl (C=O) groups excluding carboxylic acids is 1. The van der Waals surface area contributed by atoms with Crippen molar-refractivity contribution in [2.75, 3.05) is 13.2 Å². The number of carboxylic acids is 1. The number of carbonyl (C=O) groups is 2. The molecule has 1 aromatic carbocycles. The number of nitrogens with one attached hydrogen (secondary N) is 1. The molecular weight excluding hydrogens is 277 g/mol. The first kappa shape index (κ1) is 15.2. The van der Waals surface area contributed by atoms with Gasteiger partial charge < -0.3 is 15.2 Å². The molecule has 6 heteroatoms. The van der Waals surface area contributed by atoms with Gasteiger partial charge >= 0.3 is 5.97 Å². The minimum Gasteiger partial charge on any atom is -0.478 e. The maximum Gasteiger partial charge on any atom is 0.328 e. The van der Waals surface area contributed by atoms with Crippen molar-refractivity contribution in [1.82, 2.24) is 5.32 Å². The van der Waals surface area contributed by atoms with Gasteiger partial charge in [-0.25, -0.2) is 9.18 Å². The fraction of sp³-hybridized carbons (Fsp3) is 0.333. The lowest BCUT2D eigenvalue weighted by Gasteiger charge is -2.23. The van der Waals surface area contributed by atoms with Crippen molar-refractivity contribution in [2.45, 2.75) is 18.9 Å². The second kappa shape index (κ2) is 6.99. The maximum atomic E-state index is 13.8. The first-order chi connectivity index (χ1) is 10.1. The molecule has 1 saturated heterocycles. The molecule has 0 radical (unpaired) electrons. The molecular formula is C15H16FNO4. The number of aliphatic carboxylic acids is 1. The Morgan fingerprint density at radius 1 is 1.43 bits per heavy atom. The Hall–Kier alpha value is -2.21. The fourth-order valence-electron chi connectivity index (χ4n) is 2.09. The number of rotatable bonds is 4. The van der Waals surface area contributed by atoms with E-state index >= 15 is 0 Å². The van der Waals surface area contributed by atoms with E-state index in [2.05, 4.69) is 5.32 Å². The molecule has 1 heterocycles. The molecule has 0 spiro atoms. The second-order valence-corrected chi connectivity index (χ2v) is 4.80. The van der Waals surface area contributed by atoms with Crippen LogP contribution in [0.4, 0.5) is 4.39 Å². The summed E-state index contributed by atoms with van der Waals surface area (Å²) in [5, 5.41) is 11.3. The van der Waals surface area contributed by atoms with Gasteiger partial charge in [0.2, 0.25) is 0 Å². The van der Waals surface area contributed by atoms with Crippen molar-refractivity contribution in [3.8, 4) is 0 Å². The molecule has 1 aliphatic heterocycles. The minimum atomic E-state index is -1.16. The topological polar surface area (TPSA) is 75.6 Å². The summed E-state index contributed by atoms with van der Waals surface area (Å²) in [5.41, 5.74) is 0.320. The first-order valence-corrected chi connectivity index (χ1v) is 6.65. The number of halogens is 1. The highest BCUT2D eigenvalue weighted by atomic mass is 19.1. The predicted molar refractivity (Wildman–Crippen MR) is 74.4 cm³/mol. The highest BCUT2D eigenvalue weighted by Gasteiger charge is 2.17. The van der Waals surface area contributed by atoms with Gasteiger partial charge in [0.05, 0.1) is 12.6 Å². The van der Waals surface area contributed by atoms with E-state index in [1.54, 1.807) is 0 Å². The van der Waals surface area contributed by atoms with Crippen LogP contribution in [-0.2, 0) is 9.53 Å². The predicted octanol–water partition coefficient (Wildman–Crippen LogP) is 1.83. The van der Waals surface area contributed by atoms with Crippen LogP contribution in [0.25, 0.3) is 6.08 Å². The summed E-state index contributed by atoms with van der Waals surface area (Å²) >= 11 is 0. The number of benzene rings is 1. The summed E-state index contributed by atoms with van der Waals surface area (Å²) in [7, 11) is 0. The van der Waals surface area contributed by atoms with Crippen molar-refractivity contribution >= 4 is 18.0 Å². The first-order valence-electron chi connectivity index (χ1n) is 6.65. The Kier molecular flexibility index (Phi) is 5.05. The summed E-state index contributed by atoms with van der Waals surface area (Å²) in [6.45, 7) is 1.17. The van der Waals surface area contributed by atoms with Crippen LogP contribution in [0.1, 0.15) is 28.8 Å². The quantitative estimate of drug-likeness (QED) is 0.830. The average molecular weight is 293 g/mol. The Morgan fingerprint density at radius 2 is 2.24 bits per heavy atom. The smallest absolute Gasteiger partial charge is 0.328 e. The zero-order chi connectivity index (χ0) is 15.2. The summed E-state index contributed by atoms with van der Waals surface area (Å²) < 4.78 is 19.1. The van der Waals surface area contributed by atoms with Gasteiger partial charge in [-0.1, -0.05) is 6.07 Å². The average Bonchev–Trinajstić information content (AvgIpc) is 2.46. The molecule has 1 amide bonds. The van der Waals surface area contributed by atoms with E-state index in [9.17, 15) is 14.0 Å². The van der Waals surface area contributed by atoms with Crippen LogP contribution in [0, 0.1) is 5.82 Å². The van der Waals surface area contributed by atoms with Crippen molar-refractivity contribution in [1.29, 1.82) is 0 Å². The van der Waals surface area contributed by atoms with E-state index in [-0.39, 0.29) is 23.1 Å². The van der Waals surface area contributed by atoms with Gasteiger partial charge in [0.1, 0.15) is 5.82 Å². The molecule has 2 rings (SSSR count). The highest BCUT2D eigenvalue weighted by molar-refractivity contribution is 5.94. The second-order valence-electron chi connectivity index (χ2n) is 4.80. The zero-order valence-electron chi connectivity index (χ0n) is 11.3. The monoisotopic (exact) mass is 293 g/mol. The third-order valence-corrected chi connectivity index (χ3v) is 3.16. The van der Waals surface area contributed by atoms with Crippen molar-refractivity contribution in [2.24, 2.45) is 0 Å². The van der Waals surface area contributed by atoms with Crippen LogP contribution >= 0.6 is 0 Å². The maximum absolute atomic E-state index is 13.8. The van der Waals surface area contributed by atoms with Crippen LogP contribution in [0.3, 0.4) is 0 Å². The van der Waals surface area contributed by atoms with Gasteiger partial charge in [0, 0.05) is 23.8 Å². The molecule has 21 heavy (non-hydrogen) atoms. The van der Waals surface area contributed by atoms with Gasteiger partial charge in [-0.15, -0.1) is 0 Å². The van der Waals surface area contributed by atoms with Gasteiger partial charge in [0.25, 0.3) is 5.91 Å². The molecule has 0 bridgehead atoms. The molecule has 0 aliphatic carbocycles. The molecule has 1 aromatic rings. The molecule has 1 aliphatic rings. The lowest BCUT2D eigenvalue weighted by Crippen LogP contribution is -2.40. The molecule has 1 fully saturated rings. The fourth-order valence-corrected chi connectivity index (χ4v) is 2.09. The van der Waals surface area contributed by atoms with Gasteiger partial charge in [-0.3, -0.25) is 4.79 Å². The van der Waals surface area contributed by atoms with Crippen LogP contribution in [0.2, 0.25) is 0 Å². The Balaban J connectivity index is 2.04. The summed E-state index contributed by atoms with van der Waals surface area (Å²) in [6, 6.07) is 3.88. The van der Waals surface area contributed by atoms with Gasteiger partial charge in [-0.05, 0) is 31.1 Å². The molecule has 1 unspecified atom stereocenters. The zero-order valence-corrected chi connectivity index (χ0v) is 11.3. The Bertz CT molecular complexity index is 565. The lowest BCUT2D eigenvalue weighted by molar-refractivity contribution is -0.131. The van der Waals surface area contributed by atoms with Gasteiger partial charge in [-0.2, -0.15) is 0 Å². The van der Waals surface area contributed by atoms with E-state index < -0.39 is 11.8 Å². The van der Waals surface area contributed by atoms with E-state index in [4.69, 9.17) is 9.84 Å². The molecule has 112 valence electrons. The summed E-state index contributed by atoms with van der Waals surface area (Å²) in [5.74, 6) is -2.16. The SMILES string of the molecule is O=C(O)C=Cc1ccc(C(=O)NC2CCCOC2)cc1F. The van der Waals surface area contributed by atoms with E-state index in [0.29, 0.717) is 13.2 Å². The van der Waals surface area contributed by atoms with Crippen LogP contribution < -0.4 is 5.32 Å². The van der Waals surface area contributed by atoms with Crippen LogP contribution in [-0.4, -0.2) is 36.2 Å². The molecule has 1 atom stereocenters. The summed E-state index contributed by atoms with van der Waals surface area (Å²) in [6.07, 6.45) is 3.72. The van der Waals surface area contributed by atoms with E-state index in [0.717, 1.165) is 31.1 Å². The number of hydrogen-bond donors (Lipinski definition) is 2. The summed E-state index contributed by atoms with van der Waals surface area (Å²) in [4.78, 5) is 22.4. The standard InChI is InChI=1S/C15H16FNO4/c16-13-8-11(4-3-10(13)5-6-14(18)19)15(20)17-12-2-1-7-21-9-12/h3-6,8,12H,1-2,7,9H2,(H,17,20)(H,18,19). The van der Waals surface area contributed by atoms with Crippen molar-refractivity contribution in [3.05, 3.63) is 41.2 Å². The minimum absolute atomic E-state index is 0.0547. The molecule has 5 nitrogen and oxygen atoms in total. The number of carboxylic acid groups (broad SMARTS) is 1.